The van der Waals surface area contributed by atoms with Gasteiger partial charge in [0.2, 0.25) is 5.91 Å². The number of thioether (sulfide) groups is 1. The topological polar surface area (TPSA) is 52.9 Å². The summed E-state index contributed by atoms with van der Waals surface area (Å²) in [4.78, 5) is 12.0. The van der Waals surface area contributed by atoms with Gasteiger partial charge in [-0.05, 0) is 48.7 Å². The number of rotatable bonds is 5. The van der Waals surface area contributed by atoms with E-state index >= 15 is 0 Å². The van der Waals surface area contributed by atoms with Gasteiger partial charge in [-0.2, -0.15) is 5.26 Å². The Morgan fingerprint density at radius 1 is 1.18 bits per heavy atom. The second-order valence-corrected chi connectivity index (χ2v) is 6.17. The smallest absolute Gasteiger partial charge is 0.234 e. The van der Waals surface area contributed by atoms with Crippen molar-refractivity contribution in [2.24, 2.45) is 0 Å². The van der Waals surface area contributed by atoms with Crippen molar-refractivity contribution < 1.29 is 4.79 Å². The van der Waals surface area contributed by atoms with Gasteiger partial charge in [0, 0.05) is 11.4 Å². The fourth-order valence-electron chi connectivity index (χ4n) is 2.25. The van der Waals surface area contributed by atoms with Gasteiger partial charge in [0.15, 0.2) is 0 Å². The molecule has 2 aromatic rings. The highest BCUT2D eigenvalue weighted by Crippen LogP contribution is 2.17. The van der Waals surface area contributed by atoms with Gasteiger partial charge in [0.05, 0.1) is 17.4 Å². The van der Waals surface area contributed by atoms with Crippen molar-refractivity contribution in [2.45, 2.75) is 19.6 Å². The minimum Gasteiger partial charge on any atom is -0.325 e. The molecular formula is C18H18N2OS. The van der Waals surface area contributed by atoms with Crippen LogP contribution >= 0.6 is 11.8 Å². The second-order valence-electron chi connectivity index (χ2n) is 5.19. The van der Waals surface area contributed by atoms with Crippen molar-refractivity contribution in [2.75, 3.05) is 11.1 Å². The number of nitrogens with zero attached hydrogens (tertiary/aromatic N) is 1. The third-order valence-corrected chi connectivity index (χ3v) is 4.12. The molecule has 1 amide bonds. The number of hydrogen-bond acceptors (Lipinski definition) is 3. The summed E-state index contributed by atoms with van der Waals surface area (Å²) in [6, 6.07) is 15.6. The number of nitrogens with one attached hydrogen (secondary N) is 1. The first-order valence-corrected chi connectivity index (χ1v) is 8.18. The van der Waals surface area contributed by atoms with E-state index < -0.39 is 0 Å². The number of benzene rings is 2. The zero-order valence-electron chi connectivity index (χ0n) is 12.7. The zero-order valence-corrected chi connectivity index (χ0v) is 13.5. The molecule has 0 aliphatic carbocycles. The van der Waals surface area contributed by atoms with Gasteiger partial charge >= 0.3 is 0 Å². The normalized spacial score (nSPS) is 10.0. The molecule has 0 atom stereocenters. The number of anilines is 1. The molecule has 0 fully saturated rings. The van der Waals surface area contributed by atoms with Crippen molar-refractivity contribution in [1.82, 2.24) is 0 Å². The number of aryl methyl sites for hydroxylation is 2. The minimum atomic E-state index is -0.0237. The summed E-state index contributed by atoms with van der Waals surface area (Å²) >= 11 is 1.51. The van der Waals surface area contributed by atoms with Crippen LogP contribution in [0.15, 0.2) is 42.5 Å². The fourth-order valence-corrected chi connectivity index (χ4v) is 3.08. The van der Waals surface area contributed by atoms with E-state index in [0.717, 1.165) is 22.4 Å². The molecule has 2 rings (SSSR count). The highest BCUT2D eigenvalue weighted by Gasteiger charge is 2.06. The predicted molar refractivity (Wildman–Crippen MR) is 91.9 cm³/mol. The van der Waals surface area contributed by atoms with Crippen molar-refractivity contribution in [1.29, 1.82) is 5.26 Å². The Balaban J connectivity index is 1.87. The predicted octanol–water partition coefficient (Wildman–Crippen LogP) is 4.05. The summed E-state index contributed by atoms with van der Waals surface area (Å²) in [5, 5.41) is 11.9. The molecule has 112 valence electrons. The van der Waals surface area contributed by atoms with Crippen molar-refractivity contribution in [3.63, 3.8) is 0 Å². The van der Waals surface area contributed by atoms with Crippen LogP contribution in [0.25, 0.3) is 0 Å². The van der Waals surface area contributed by atoms with Crippen LogP contribution in [-0.2, 0) is 10.5 Å². The lowest BCUT2D eigenvalue weighted by Crippen LogP contribution is -2.14. The Morgan fingerprint density at radius 3 is 2.55 bits per heavy atom. The van der Waals surface area contributed by atoms with Gasteiger partial charge < -0.3 is 5.32 Å². The van der Waals surface area contributed by atoms with Crippen LogP contribution in [0.1, 0.15) is 22.3 Å². The van der Waals surface area contributed by atoms with E-state index in [1.165, 1.54) is 11.8 Å². The summed E-state index contributed by atoms with van der Waals surface area (Å²) in [6.45, 7) is 4.02. The van der Waals surface area contributed by atoms with E-state index in [4.69, 9.17) is 5.26 Å². The van der Waals surface area contributed by atoms with E-state index in [-0.39, 0.29) is 5.91 Å². The van der Waals surface area contributed by atoms with E-state index in [0.29, 0.717) is 17.1 Å². The maximum Gasteiger partial charge on any atom is 0.234 e. The van der Waals surface area contributed by atoms with Gasteiger partial charge in [0.25, 0.3) is 0 Å². The van der Waals surface area contributed by atoms with Crippen molar-refractivity contribution in [3.8, 4) is 6.07 Å². The van der Waals surface area contributed by atoms with Gasteiger partial charge in [-0.25, -0.2) is 0 Å². The Bertz CT molecular complexity index is 699. The first-order chi connectivity index (χ1) is 10.6. The van der Waals surface area contributed by atoms with Crippen LogP contribution in [0.2, 0.25) is 0 Å². The van der Waals surface area contributed by atoms with Crippen molar-refractivity contribution in [3.05, 3.63) is 64.7 Å². The van der Waals surface area contributed by atoms with E-state index in [2.05, 4.69) is 17.5 Å². The summed E-state index contributed by atoms with van der Waals surface area (Å²) in [5.41, 5.74) is 4.73. The molecule has 3 nitrogen and oxygen atoms in total. The van der Waals surface area contributed by atoms with Gasteiger partial charge in [0.1, 0.15) is 0 Å². The van der Waals surface area contributed by atoms with Crippen LogP contribution in [-0.4, -0.2) is 11.7 Å². The molecule has 0 radical (unpaired) electrons. The standard InChI is InChI=1S/C18H18N2OS/c1-13-7-14(2)9-17(8-13)20-18(21)12-22-11-16-6-4-3-5-15(16)10-19/h3-9H,11-12H2,1-2H3,(H,20,21). The highest BCUT2D eigenvalue weighted by molar-refractivity contribution is 7.99. The third kappa shape index (κ3) is 4.64. The van der Waals surface area contributed by atoms with E-state index in [9.17, 15) is 4.79 Å². The summed E-state index contributed by atoms with van der Waals surface area (Å²) < 4.78 is 0. The van der Waals surface area contributed by atoms with Crippen LogP contribution in [0, 0.1) is 25.2 Å². The van der Waals surface area contributed by atoms with Crippen molar-refractivity contribution >= 4 is 23.4 Å². The fraction of sp³-hybridized carbons (Fsp3) is 0.222. The van der Waals surface area contributed by atoms with Crippen LogP contribution < -0.4 is 5.32 Å². The van der Waals surface area contributed by atoms with Crippen LogP contribution in [0.4, 0.5) is 5.69 Å². The summed E-state index contributed by atoms with van der Waals surface area (Å²) in [7, 11) is 0. The monoisotopic (exact) mass is 310 g/mol. The van der Waals surface area contributed by atoms with E-state index in [1.54, 1.807) is 6.07 Å². The SMILES string of the molecule is Cc1cc(C)cc(NC(=O)CSCc2ccccc2C#N)c1. The molecule has 22 heavy (non-hydrogen) atoms. The molecule has 2 aromatic carbocycles. The molecule has 0 spiro atoms. The molecule has 0 bridgehead atoms. The van der Waals surface area contributed by atoms with Crippen LogP contribution in [0.5, 0.6) is 0 Å². The van der Waals surface area contributed by atoms with E-state index in [1.807, 2.05) is 44.2 Å². The molecule has 4 heteroatoms. The Hall–Kier alpha value is -2.25. The number of carbonyl (C=O) groups excluding carboxylic acids is 1. The maximum atomic E-state index is 12.0. The largest absolute Gasteiger partial charge is 0.325 e. The van der Waals surface area contributed by atoms with Crippen LogP contribution in [0.3, 0.4) is 0 Å². The zero-order chi connectivity index (χ0) is 15.9. The average molecular weight is 310 g/mol. The molecule has 0 aromatic heterocycles. The number of carbonyl (C=O) groups is 1. The molecule has 0 aliphatic heterocycles. The van der Waals surface area contributed by atoms with Gasteiger partial charge in [-0.3, -0.25) is 4.79 Å². The average Bonchev–Trinajstić information content (AvgIpc) is 2.46. The lowest BCUT2D eigenvalue weighted by Gasteiger charge is -2.08. The number of nitriles is 1. The number of hydrogen-bond donors (Lipinski definition) is 1. The molecule has 0 saturated carbocycles. The Morgan fingerprint density at radius 2 is 1.86 bits per heavy atom. The van der Waals surface area contributed by atoms with Gasteiger partial charge in [-0.1, -0.05) is 24.3 Å². The summed E-state index contributed by atoms with van der Waals surface area (Å²) in [5.74, 6) is 1.00. The first kappa shape index (κ1) is 16.1. The quantitative estimate of drug-likeness (QED) is 0.906. The second kappa shape index (κ2) is 7.67. The maximum absolute atomic E-state index is 12.0. The number of amides is 1. The van der Waals surface area contributed by atoms with Gasteiger partial charge in [-0.15, -0.1) is 11.8 Å². The molecule has 0 saturated heterocycles. The third-order valence-electron chi connectivity index (χ3n) is 3.13. The summed E-state index contributed by atoms with van der Waals surface area (Å²) in [6.07, 6.45) is 0. The molecular weight excluding hydrogens is 292 g/mol. The Labute approximate surface area is 135 Å². The highest BCUT2D eigenvalue weighted by atomic mass is 32.2. The lowest BCUT2D eigenvalue weighted by molar-refractivity contribution is -0.113. The molecule has 1 N–H and O–H groups in total. The first-order valence-electron chi connectivity index (χ1n) is 7.02. The molecule has 0 heterocycles. The lowest BCUT2D eigenvalue weighted by atomic mass is 10.1. The molecule has 0 aliphatic rings. The minimum absolute atomic E-state index is 0.0237. The molecule has 0 unspecified atom stereocenters. The Kier molecular flexibility index (Phi) is 5.62.